The number of nitrogens with one attached hydrogen (secondary N) is 1. The molecule has 0 bridgehead atoms. The molecule has 0 saturated heterocycles. The van der Waals surface area contributed by atoms with Gasteiger partial charge in [-0.15, -0.1) is 0 Å². The van der Waals surface area contributed by atoms with Gasteiger partial charge in [0.1, 0.15) is 0 Å². The van der Waals surface area contributed by atoms with Crippen LogP contribution in [0.25, 0.3) is 0 Å². The Morgan fingerprint density at radius 2 is 1.75 bits per heavy atom. The van der Waals surface area contributed by atoms with Gasteiger partial charge in [-0.2, -0.15) is 0 Å². The van der Waals surface area contributed by atoms with Crippen LogP contribution in [0, 0.1) is 0 Å². The normalized spacial score (nSPS) is 12.8. The van der Waals surface area contributed by atoms with Crippen LogP contribution >= 0.6 is 0 Å². The van der Waals surface area contributed by atoms with Crippen molar-refractivity contribution in [3.63, 3.8) is 0 Å². The quantitative estimate of drug-likeness (QED) is 0.608. The summed E-state index contributed by atoms with van der Waals surface area (Å²) < 4.78 is 0. The summed E-state index contributed by atoms with van der Waals surface area (Å²) in [7, 11) is 2.25. The molecule has 1 aromatic carbocycles. The van der Waals surface area contributed by atoms with E-state index in [2.05, 4.69) is 61.4 Å². The zero-order chi connectivity index (χ0) is 14.6. The van der Waals surface area contributed by atoms with Crippen LogP contribution in [0.4, 0.5) is 0 Å². The Morgan fingerprint density at radius 1 is 1.00 bits per heavy atom. The lowest BCUT2D eigenvalue weighted by Gasteiger charge is -2.23. The molecule has 0 heterocycles. The summed E-state index contributed by atoms with van der Waals surface area (Å²) >= 11 is 0. The third-order valence-corrected chi connectivity index (χ3v) is 3.79. The first-order valence-corrected chi connectivity index (χ1v) is 8.24. The molecule has 1 N–H and O–H groups in total. The molecule has 0 aliphatic heterocycles. The van der Waals surface area contributed by atoms with E-state index in [1.54, 1.807) is 0 Å². The molecule has 0 saturated carbocycles. The molecule has 0 spiro atoms. The average Bonchev–Trinajstić information content (AvgIpc) is 2.48. The van der Waals surface area contributed by atoms with Crippen LogP contribution in [0.1, 0.15) is 57.6 Å². The fraction of sp³-hybridized carbons (Fsp3) is 0.667. The number of unbranched alkanes of at least 4 members (excludes halogenated alkanes) is 2. The van der Waals surface area contributed by atoms with Gasteiger partial charge >= 0.3 is 0 Å². The highest BCUT2D eigenvalue weighted by Gasteiger charge is 2.11. The molecule has 114 valence electrons. The van der Waals surface area contributed by atoms with Gasteiger partial charge in [-0.1, -0.05) is 57.0 Å². The van der Waals surface area contributed by atoms with Crippen LogP contribution in [0.15, 0.2) is 30.3 Å². The highest BCUT2D eigenvalue weighted by Crippen LogP contribution is 2.17. The molecule has 0 fully saturated rings. The van der Waals surface area contributed by atoms with Crippen molar-refractivity contribution in [2.45, 2.75) is 52.0 Å². The Hall–Kier alpha value is -0.860. The zero-order valence-electron chi connectivity index (χ0n) is 13.6. The largest absolute Gasteiger partial charge is 0.310 e. The first-order valence-electron chi connectivity index (χ1n) is 8.24. The van der Waals surface area contributed by atoms with Crippen LogP contribution in [0.2, 0.25) is 0 Å². The summed E-state index contributed by atoms with van der Waals surface area (Å²) in [6.07, 6.45) is 6.35. The maximum atomic E-state index is 3.68. The number of benzene rings is 1. The van der Waals surface area contributed by atoms with Crippen LogP contribution < -0.4 is 5.32 Å². The van der Waals surface area contributed by atoms with Crippen LogP contribution in [0.3, 0.4) is 0 Å². The molecule has 2 heteroatoms. The molecule has 1 aromatic rings. The van der Waals surface area contributed by atoms with E-state index >= 15 is 0 Å². The summed E-state index contributed by atoms with van der Waals surface area (Å²) in [6.45, 7) is 7.98. The lowest BCUT2D eigenvalue weighted by Crippen LogP contribution is -2.28. The molecule has 0 aromatic heterocycles. The van der Waals surface area contributed by atoms with Gasteiger partial charge in [0.25, 0.3) is 0 Å². The maximum absolute atomic E-state index is 3.68. The van der Waals surface area contributed by atoms with Gasteiger partial charge in [-0.05, 0) is 51.5 Å². The van der Waals surface area contributed by atoms with E-state index in [1.165, 1.54) is 50.8 Å². The standard InChI is InChI=1S/C18H32N2/c1-4-6-10-15-20(3)16-13-18(19-14-5-2)17-11-8-7-9-12-17/h7-9,11-12,18-19H,4-6,10,13-16H2,1-3H3. The van der Waals surface area contributed by atoms with E-state index in [4.69, 9.17) is 0 Å². The van der Waals surface area contributed by atoms with E-state index in [0.29, 0.717) is 6.04 Å². The molecule has 1 rings (SSSR count). The minimum Gasteiger partial charge on any atom is -0.310 e. The summed E-state index contributed by atoms with van der Waals surface area (Å²) in [6, 6.07) is 11.3. The summed E-state index contributed by atoms with van der Waals surface area (Å²) in [4.78, 5) is 2.47. The molecule has 0 amide bonds. The molecule has 20 heavy (non-hydrogen) atoms. The van der Waals surface area contributed by atoms with Gasteiger partial charge in [0.05, 0.1) is 0 Å². The van der Waals surface area contributed by atoms with E-state index in [-0.39, 0.29) is 0 Å². The van der Waals surface area contributed by atoms with E-state index < -0.39 is 0 Å². The lowest BCUT2D eigenvalue weighted by molar-refractivity contribution is 0.301. The molecule has 0 aliphatic rings. The van der Waals surface area contributed by atoms with Crippen LogP contribution in [-0.2, 0) is 0 Å². The monoisotopic (exact) mass is 276 g/mol. The summed E-state index contributed by atoms with van der Waals surface area (Å²) in [5.41, 5.74) is 1.42. The van der Waals surface area contributed by atoms with Gasteiger partial charge in [-0.3, -0.25) is 0 Å². The molecular weight excluding hydrogens is 244 g/mol. The van der Waals surface area contributed by atoms with Crippen LogP contribution in [-0.4, -0.2) is 31.6 Å². The van der Waals surface area contributed by atoms with E-state index in [1.807, 2.05) is 0 Å². The van der Waals surface area contributed by atoms with Crippen molar-refractivity contribution >= 4 is 0 Å². The average molecular weight is 276 g/mol. The van der Waals surface area contributed by atoms with E-state index in [9.17, 15) is 0 Å². The molecule has 0 aliphatic carbocycles. The molecule has 0 radical (unpaired) electrons. The van der Waals surface area contributed by atoms with Gasteiger partial charge < -0.3 is 10.2 Å². The van der Waals surface area contributed by atoms with Gasteiger partial charge in [0.2, 0.25) is 0 Å². The fourth-order valence-corrected chi connectivity index (χ4v) is 2.48. The van der Waals surface area contributed by atoms with Crippen LogP contribution in [0.5, 0.6) is 0 Å². The summed E-state index contributed by atoms with van der Waals surface area (Å²) in [5, 5.41) is 3.68. The fourth-order valence-electron chi connectivity index (χ4n) is 2.48. The Kier molecular flexibility index (Phi) is 9.35. The highest BCUT2D eigenvalue weighted by molar-refractivity contribution is 5.18. The lowest BCUT2D eigenvalue weighted by atomic mass is 10.0. The first kappa shape index (κ1) is 17.2. The Bertz CT molecular complexity index is 323. The first-order chi connectivity index (χ1) is 9.77. The molecule has 1 atom stereocenters. The number of rotatable bonds is 11. The maximum Gasteiger partial charge on any atom is 0.0332 e. The van der Waals surface area contributed by atoms with Crippen molar-refractivity contribution in [3.05, 3.63) is 35.9 Å². The Balaban J connectivity index is 2.41. The van der Waals surface area contributed by atoms with Gasteiger partial charge in [-0.25, -0.2) is 0 Å². The second kappa shape index (κ2) is 10.9. The number of hydrogen-bond acceptors (Lipinski definition) is 2. The van der Waals surface area contributed by atoms with Crippen molar-refractivity contribution in [2.24, 2.45) is 0 Å². The zero-order valence-corrected chi connectivity index (χ0v) is 13.6. The molecule has 2 nitrogen and oxygen atoms in total. The van der Waals surface area contributed by atoms with Crippen molar-refractivity contribution < 1.29 is 0 Å². The van der Waals surface area contributed by atoms with E-state index in [0.717, 1.165) is 6.54 Å². The molecule has 1 unspecified atom stereocenters. The highest BCUT2D eigenvalue weighted by atomic mass is 15.1. The number of nitrogens with zero attached hydrogens (tertiary/aromatic N) is 1. The van der Waals surface area contributed by atoms with Crippen molar-refractivity contribution in [2.75, 3.05) is 26.7 Å². The topological polar surface area (TPSA) is 15.3 Å². The number of hydrogen-bond donors (Lipinski definition) is 1. The predicted molar refractivity (Wildman–Crippen MR) is 89.1 cm³/mol. The van der Waals surface area contributed by atoms with Gasteiger partial charge in [0, 0.05) is 6.04 Å². The third kappa shape index (κ3) is 7.06. The Labute approximate surface area is 125 Å². The van der Waals surface area contributed by atoms with Crippen molar-refractivity contribution in [1.29, 1.82) is 0 Å². The third-order valence-electron chi connectivity index (χ3n) is 3.79. The van der Waals surface area contributed by atoms with Crippen molar-refractivity contribution in [3.8, 4) is 0 Å². The second-order valence-electron chi connectivity index (χ2n) is 5.72. The second-order valence-corrected chi connectivity index (χ2v) is 5.72. The Morgan fingerprint density at radius 3 is 2.40 bits per heavy atom. The van der Waals surface area contributed by atoms with Gasteiger partial charge in [0.15, 0.2) is 0 Å². The summed E-state index contributed by atoms with van der Waals surface area (Å²) in [5.74, 6) is 0. The SMILES string of the molecule is CCCCCN(C)CCC(NCCC)c1ccccc1. The molecular formula is C18H32N2. The smallest absolute Gasteiger partial charge is 0.0332 e. The predicted octanol–water partition coefficient (Wildman–Crippen LogP) is 4.24. The minimum atomic E-state index is 0.491. The minimum absolute atomic E-state index is 0.491. The van der Waals surface area contributed by atoms with Crippen molar-refractivity contribution in [1.82, 2.24) is 10.2 Å².